The molecule has 6 heteroatoms. The molecule has 0 radical (unpaired) electrons. The summed E-state index contributed by atoms with van der Waals surface area (Å²) < 4.78 is 0. The van der Waals surface area contributed by atoms with Crippen molar-refractivity contribution in [2.24, 2.45) is 0 Å². The van der Waals surface area contributed by atoms with Gasteiger partial charge in [0.25, 0.3) is 11.8 Å². The first kappa shape index (κ1) is 19.8. The van der Waals surface area contributed by atoms with Crippen LogP contribution in [-0.4, -0.2) is 22.8 Å². The molecule has 1 heterocycles. The molecular weight excluding hydrogens is 374 g/mol. The van der Waals surface area contributed by atoms with Crippen molar-refractivity contribution < 1.29 is 9.59 Å². The minimum absolute atomic E-state index is 0.0438. The van der Waals surface area contributed by atoms with Gasteiger partial charge in [0.15, 0.2) is 0 Å². The van der Waals surface area contributed by atoms with Gasteiger partial charge in [-0.05, 0) is 43.4 Å². The molecule has 0 aliphatic heterocycles. The third kappa shape index (κ3) is 4.15. The maximum atomic E-state index is 12.8. The minimum Gasteiger partial charge on any atom is -0.348 e. The highest BCUT2D eigenvalue weighted by Crippen LogP contribution is 2.24. The van der Waals surface area contributed by atoms with Crippen molar-refractivity contribution in [3.8, 4) is 0 Å². The Morgan fingerprint density at radius 1 is 1.11 bits per heavy atom. The third-order valence-electron chi connectivity index (χ3n) is 4.67. The zero-order valence-corrected chi connectivity index (χ0v) is 16.8. The highest BCUT2D eigenvalue weighted by molar-refractivity contribution is 6.31. The Labute approximate surface area is 169 Å². The number of carbonyl (C=O) groups is 2. The number of halogens is 1. The van der Waals surface area contributed by atoms with Crippen LogP contribution in [0.4, 0.5) is 5.69 Å². The van der Waals surface area contributed by atoms with Gasteiger partial charge in [0.1, 0.15) is 5.69 Å². The molecule has 2 N–H and O–H groups in total. The first-order valence-corrected chi connectivity index (χ1v) is 9.54. The molecule has 0 aliphatic carbocycles. The fraction of sp³-hybridized carbons (Fsp3) is 0.227. The van der Waals surface area contributed by atoms with Gasteiger partial charge in [0, 0.05) is 28.3 Å². The van der Waals surface area contributed by atoms with Gasteiger partial charge in [-0.15, -0.1) is 0 Å². The summed E-state index contributed by atoms with van der Waals surface area (Å²) in [6, 6.07) is 12.7. The number of pyridine rings is 1. The fourth-order valence-electron chi connectivity index (χ4n) is 2.82. The van der Waals surface area contributed by atoms with E-state index in [4.69, 9.17) is 11.6 Å². The summed E-state index contributed by atoms with van der Waals surface area (Å²) >= 11 is 6.14. The summed E-state index contributed by atoms with van der Waals surface area (Å²) in [6.45, 7) is 5.84. The predicted molar refractivity (Wildman–Crippen MR) is 113 cm³/mol. The molecule has 1 aromatic heterocycles. The molecule has 0 spiro atoms. The molecular formula is C22H22ClN3O2. The van der Waals surface area contributed by atoms with Crippen molar-refractivity contribution in [2.75, 3.05) is 5.32 Å². The summed E-state index contributed by atoms with van der Waals surface area (Å²) in [5, 5.41) is 7.65. The van der Waals surface area contributed by atoms with Crippen LogP contribution in [0.2, 0.25) is 5.02 Å². The standard InChI is InChI=1S/C22H22ClN3O2/c1-4-14(3)25-22(28)20-17-8-6-5-7-16(17)18(12-24-20)21(27)26-15-10-9-13(2)19(23)11-15/h5-12,14H,4H2,1-3H3,(H,25,28)(H,26,27)/t14-/m0/s1. The number of hydrogen-bond acceptors (Lipinski definition) is 3. The molecule has 0 aliphatic rings. The Morgan fingerprint density at radius 2 is 1.82 bits per heavy atom. The second-order valence-electron chi connectivity index (χ2n) is 6.77. The van der Waals surface area contributed by atoms with Crippen molar-refractivity contribution in [3.05, 3.63) is 70.5 Å². The molecule has 0 saturated heterocycles. The highest BCUT2D eigenvalue weighted by Gasteiger charge is 2.18. The zero-order valence-electron chi connectivity index (χ0n) is 16.0. The minimum atomic E-state index is -0.308. The number of aromatic nitrogens is 1. The average molecular weight is 396 g/mol. The Kier molecular flexibility index (Phi) is 5.95. The van der Waals surface area contributed by atoms with E-state index in [2.05, 4.69) is 15.6 Å². The van der Waals surface area contributed by atoms with E-state index in [0.717, 1.165) is 12.0 Å². The van der Waals surface area contributed by atoms with Gasteiger partial charge in [-0.3, -0.25) is 9.59 Å². The second kappa shape index (κ2) is 8.40. The number of rotatable bonds is 5. The lowest BCUT2D eigenvalue weighted by molar-refractivity contribution is 0.0934. The topological polar surface area (TPSA) is 71.1 Å². The monoisotopic (exact) mass is 395 g/mol. The Balaban J connectivity index is 1.96. The van der Waals surface area contributed by atoms with Crippen molar-refractivity contribution in [1.29, 1.82) is 0 Å². The number of hydrogen-bond donors (Lipinski definition) is 2. The molecule has 0 saturated carbocycles. The van der Waals surface area contributed by atoms with E-state index in [1.807, 2.05) is 45.0 Å². The summed E-state index contributed by atoms with van der Waals surface area (Å²) in [5.41, 5.74) is 2.24. The van der Waals surface area contributed by atoms with Crippen LogP contribution in [-0.2, 0) is 0 Å². The lowest BCUT2D eigenvalue weighted by Crippen LogP contribution is -2.32. The van der Waals surface area contributed by atoms with Gasteiger partial charge >= 0.3 is 0 Å². The summed E-state index contributed by atoms with van der Waals surface area (Å²) in [4.78, 5) is 29.7. The van der Waals surface area contributed by atoms with E-state index in [0.29, 0.717) is 32.7 Å². The number of aryl methyl sites for hydroxylation is 1. The Morgan fingerprint density at radius 3 is 2.50 bits per heavy atom. The molecule has 2 aromatic carbocycles. The van der Waals surface area contributed by atoms with Crippen LogP contribution in [0.1, 0.15) is 46.7 Å². The second-order valence-corrected chi connectivity index (χ2v) is 7.17. The van der Waals surface area contributed by atoms with Gasteiger partial charge < -0.3 is 10.6 Å². The van der Waals surface area contributed by atoms with Crippen LogP contribution < -0.4 is 10.6 Å². The van der Waals surface area contributed by atoms with Crippen LogP contribution in [0.3, 0.4) is 0 Å². The number of nitrogens with zero attached hydrogens (tertiary/aromatic N) is 1. The van der Waals surface area contributed by atoms with Gasteiger partial charge in [0.05, 0.1) is 5.56 Å². The molecule has 5 nitrogen and oxygen atoms in total. The van der Waals surface area contributed by atoms with Gasteiger partial charge in [-0.1, -0.05) is 48.9 Å². The number of carbonyl (C=O) groups excluding carboxylic acids is 2. The lowest BCUT2D eigenvalue weighted by Gasteiger charge is -2.14. The average Bonchev–Trinajstić information content (AvgIpc) is 2.69. The Bertz CT molecular complexity index is 1050. The first-order valence-electron chi connectivity index (χ1n) is 9.16. The van der Waals surface area contributed by atoms with Gasteiger partial charge in [-0.2, -0.15) is 0 Å². The van der Waals surface area contributed by atoms with Crippen LogP contribution in [0, 0.1) is 6.92 Å². The van der Waals surface area contributed by atoms with Crippen molar-refractivity contribution >= 4 is 39.9 Å². The molecule has 144 valence electrons. The fourth-order valence-corrected chi connectivity index (χ4v) is 3.00. The molecule has 3 aromatic rings. The van der Waals surface area contributed by atoms with Crippen LogP contribution in [0.25, 0.3) is 10.8 Å². The van der Waals surface area contributed by atoms with Crippen LogP contribution in [0.15, 0.2) is 48.7 Å². The van der Waals surface area contributed by atoms with Crippen LogP contribution >= 0.6 is 11.6 Å². The quantitative estimate of drug-likeness (QED) is 0.640. The Hall–Kier alpha value is -2.92. The molecule has 1 atom stereocenters. The smallest absolute Gasteiger partial charge is 0.270 e. The third-order valence-corrected chi connectivity index (χ3v) is 5.08. The highest BCUT2D eigenvalue weighted by atomic mass is 35.5. The lowest BCUT2D eigenvalue weighted by atomic mass is 10.0. The summed E-state index contributed by atoms with van der Waals surface area (Å²) in [7, 11) is 0. The summed E-state index contributed by atoms with van der Waals surface area (Å²) in [5.74, 6) is -0.555. The van der Waals surface area contributed by atoms with Crippen LogP contribution in [0.5, 0.6) is 0 Å². The molecule has 3 rings (SSSR count). The van der Waals surface area contributed by atoms with E-state index in [9.17, 15) is 9.59 Å². The van der Waals surface area contributed by atoms with Gasteiger partial charge in [0.2, 0.25) is 0 Å². The van der Waals surface area contributed by atoms with Crippen molar-refractivity contribution in [1.82, 2.24) is 10.3 Å². The van der Waals surface area contributed by atoms with E-state index >= 15 is 0 Å². The van der Waals surface area contributed by atoms with Gasteiger partial charge in [-0.25, -0.2) is 4.98 Å². The largest absolute Gasteiger partial charge is 0.348 e. The number of anilines is 1. The van der Waals surface area contributed by atoms with E-state index in [1.54, 1.807) is 18.2 Å². The molecule has 28 heavy (non-hydrogen) atoms. The summed E-state index contributed by atoms with van der Waals surface area (Å²) in [6.07, 6.45) is 2.27. The molecule has 0 fully saturated rings. The number of fused-ring (bicyclic) bond motifs is 1. The predicted octanol–water partition coefficient (Wildman–Crippen LogP) is 4.98. The molecule has 0 bridgehead atoms. The molecule has 2 amide bonds. The molecule has 0 unspecified atom stereocenters. The van der Waals surface area contributed by atoms with E-state index in [1.165, 1.54) is 6.20 Å². The first-order chi connectivity index (χ1) is 13.4. The maximum Gasteiger partial charge on any atom is 0.270 e. The van der Waals surface area contributed by atoms with Crippen molar-refractivity contribution in [3.63, 3.8) is 0 Å². The normalized spacial score (nSPS) is 11.9. The van der Waals surface area contributed by atoms with E-state index < -0.39 is 0 Å². The number of amides is 2. The van der Waals surface area contributed by atoms with E-state index in [-0.39, 0.29) is 17.9 Å². The number of nitrogens with one attached hydrogen (secondary N) is 2. The maximum absolute atomic E-state index is 12.8. The number of benzene rings is 2. The zero-order chi connectivity index (χ0) is 20.3. The van der Waals surface area contributed by atoms with Crippen molar-refractivity contribution in [2.45, 2.75) is 33.2 Å². The SMILES string of the molecule is CC[C@H](C)NC(=O)c1ncc(C(=O)Nc2ccc(C)c(Cl)c2)c2ccccc12.